The summed E-state index contributed by atoms with van der Waals surface area (Å²) in [5, 5.41) is 0.583. The molecule has 4 nitrogen and oxygen atoms in total. The first-order valence-corrected chi connectivity index (χ1v) is 14.4. The van der Waals surface area contributed by atoms with E-state index in [4.69, 9.17) is 4.99 Å². The Bertz CT molecular complexity index is 1340. The number of carbonyl (C=O) groups excluding carboxylic acids is 2. The predicted molar refractivity (Wildman–Crippen MR) is 157 cm³/mol. The highest BCUT2D eigenvalue weighted by Gasteiger charge is 2.41. The molecule has 0 heterocycles. The summed E-state index contributed by atoms with van der Waals surface area (Å²) in [5.74, 6) is 0.247. The highest BCUT2D eigenvalue weighted by Crippen LogP contribution is 2.52. The van der Waals surface area contributed by atoms with Gasteiger partial charge < -0.3 is 0 Å². The van der Waals surface area contributed by atoms with Crippen molar-refractivity contribution in [2.45, 2.75) is 45.4 Å². The van der Waals surface area contributed by atoms with E-state index in [2.05, 4.69) is 43.3 Å². The summed E-state index contributed by atoms with van der Waals surface area (Å²) in [6, 6.07) is 28.0. The fourth-order valence-electron chi connectivity index (χ4n) is 5.80. The summed E-state index contributed by atoms with van der Waals surface area (Å²) in [4.78, 5) is 32.3. The number of benzene rings is 3. The number of ketones is 1. The Hall–Kier alpha value is -3.44. The highest BCUT2D eigenvalue weighted by atomic mass is 32.2. The molecule has 3 aromatic carbocycles. The highest BCUT2D eigenvalue weighted by molar-refractivity contribution is 8.14. The largest absolute Gasteiger partial charge is 0.294 e. The average Bonchev–Trinajstić information content (AvgIpc) is 3.44. The van der Waals surface area contributed by atoms with Crippen molar-refractivity contribution in [1.29, 1.82) is 0 Å². The molecule has 2 aliphatic carbocycles. The van der Waals surface area contributed by atoms with Crippen LogP contribution in [0.25, 0.3) is 5.70 Å². The molecule has 5 heteroatoms. The summed E-state index contributed by atoms with van der Waals surface area (Å²) < 4.78 is 0. The monoisotopic (exact) mass is 522 g/mol. The van der Waals surface area contributed by atoms with Crippen molar-refractivity contribution in [3.05, 3.63) is 113 Å². The van der Waals surface area contributed by atoms with Crippen LogP contribution < -0.4 is 0 Å². The number of aliphatic imine (C=N–C) groups is 1. The van der Waals surface area contributed by atoms with Gasteiger partial charge in [0.1, 0.15) is 0 Å². The number of allylic oxidation sites excluding steroid dienone is 1. The number of hydrogen-bond donors (Lipinski definition) is 0. The zero-order chi connectivity index (χ0) is 26.4. The van der Waals surface area contributed by atoms with Crippen LogP contribution in [0.4, 0.5) is 0 Å². The average molecular weight is 523 g/mol. The van der Waals surface area contributed by atoms with Crippen LogP contribution >= 0.6 is 11.8 Å². The van der Waals surface area contributed by atoms with Gasteiger partial charge >= 0.3 is 0 Å². The molecule has 38 heavy (non-hydrogen) atoms. The number of hydrogen-bond acceptors (Lipinski definition) is 4. The fraction of sp³-hybridized carbons (Fsp3) is 0.303. The van der Waals surface area contributed by atoms with Crippen molar-refractivity contribution in [3.63, 3.8) is 0 Å². The van der Waals surface area contributed by atoms with Crippen LogP contribution in [-0.2, 0) is 17.6 Å². The maximum absolute atomic E-state index is 13.0. The van der Waals surface area contributed by atoms with E-state index in [1.54, 1.807) is 4.90 Å². The number of rotatable bonds is 8. The lowest BCUT2D eigenvalue weighted by Crippen LogP contribution is -2.31. The second kappa shape index (κ2) is 12.0. The summed E-state index contributed by atoms with van der Waals surface area (Å²) in [7, 11) is 0. The van der Waals surface area contributed by atoms with Gasteiger partial charge in [-0.3, -0.25) is 14.5 Å². The van der Waals surface area contributed by atoms with Crippen molar-refractivity contribution in [2.24, 2.45) is 10.4 Å². The van der Waals surface area contributed by atoms with E-state index < -0.39 is 0 Å². The van der Waals surface area contributed by atoms with Crippen molar-refractivity contribution < 1.29 is 9.59 Å². The van der Waals surface area contributed by atoms with Crippen LogP contribution in [0.15, 0.2) is 95.5 Å². The van der Waals surface area contributed by atoms with Crippen LogP contribution in [0.5, 0.6) is 0 Å². The van der Waals surface area contributed by atoms with Gasteiger partial charge in [0.2, 0.25) is 6.41 Å². The Morgan fingerprint density at radius 2 is 1.61 bits per heavy atom. The molecule has 0 N–H and O–H groups in total. The van der Waals surface area contributed by atoms with Crippen LogP contribution in [-0.4, -0.2) is 34.6 Å². The van der Waals surface area contributed by atoms with Gasteiger partial charge in [0, 0.05) is 17.7 Å². The topological polar surface area (TPSA) is 49.7 Å². The number of amidine groups is 1. The van der Waals surface area contributed by atoms with Gasteiger partial charge in [-0.05, 0) is 54.7 Å². The minimum Gasteiger partial charge on any atom is -0.294 e. The molecule has 0 aliphatic heterocycles. The third-order valence-corrected chi connectivity index (χ3v) is 9.00. The van der Waals surface area contributed by atoms with Gasteiger partial charge in [-0.15, -0.1) is 0 Å². The molecule has 3 aromatic rings. The Morgan fingerprint density at radius 1 is 0.947 bits per heavy atom. The Morgan fingerprint density at radius 3 is 2.32 bits per heavy atom. The van der Waals surface area contributed by atoms with Gasteiger partial charge in [0.25, 0.3) is 0 Å². The molecule has 1 spiro atoms. The quantitative estimate of drug-likeness (QED) is 0.136. The van der Waals surface area contributed by atoms with E-state index in [0.717, 1.165) is 29.7 Å². The maximum atomic E-state index is 13.0. The molecule has 2 aliphatic rings. The number of carbonyl (C=O) groups is 2. The summed E-state index contributed by atoms with van der Waals surface area (Å²) >= 11 is 1.35. The first kappa shape index (κ1) is 26.2. The predicted octanol–water partition coefficient (Wildman–Crippen LogP) is 7.21. The van der Waals surface area contributed by atoms with Crippen molar-refractivity contribution >= 4 is 34.8 Å². The maximum Gasteiger partial charge on any atom is 0.215 e. The van der Waals surface area contributed by atoms with Crippen LogP contribution in [0, 0.1) is 5.41 Å². The van der Waals surface area contributed by atoms with E-state index in [1.165, 1.54) is 48.6 Å². The molecule has 0 atom stereocenters. The molecule has 1 amide bonds. The molecule has 1 saturated carbocycles. The normalized spacial score (nSPS) is 16.4. The lowest BCUT2D eigenvalue weighted by atomic mass is 9.69. The third kappa shape index (κ3) is 5.68. The Kier molecular flexibility index (Phi) is 8.23. The number of fused-ring (bicyclic) bond motifs is 1. The molecule has 0 radical (unpaired) electrons. The Balaban J connectivity index is 1.51. The molecule has 0 unspecified atom stereocenters. The fourth-order valence-corrected chi connectivity index (χ4v) is 6.69. The van der Waals surface area contributed by atoms with Gasteiger partial charge in [-0.1, -0.05) is 110 Å². The number of thioether (sulfide) groups is 1. The molecule has 0 saturated heterocycles. The molecule has 1 fully saturated rings. The van der Waals surface area contributed by atoms with E-state index in [1.807, 2.05) is 48.5 Å². The zero-order valence-electron chi connectivity index (χ0n) is 21.9. The van der Waals surface area contributed by atoms with E-state index in [9.17, 15) is 9.59 Å². The summed E-state index contributed by atoms with van der Waals surface area (Å²) in [6.07, 6.45) is 7.44. The van der Waals surface area contributed by atoms with E-state index in [0.29, 0.717) is 23.7 Å². The van der Waals surface area contributed by atoms with Gasteiger partial charge in [0.15, 0.2) is 11.0 Å². The first-order chi connectivity index (χ1) is 18.6. The third-order valence-electron chi connectivity index (χ3n) is 8.01. The van der Waals surface area contributed by atoms with E-state index in [-0.39, 0.29) is 17.0 Å². The zero-order valence-corrected chi connectivity index (χ0v) is 22.8. The lowest BCUT2D eigenvalue weighted by Gasteiger charge is -2.37. The van der Waals surface area contributed by atoms with Gasteiger partial charge in [-0.2, -0.15) is 0 Å². The van der Waals surface area contributed by atoms with E-state index >= 15 is 0 Å². The number of Topliss-reactive ketones (excluding diaryl/α,β-unsaturated/α-hetero) is 1. The van der Waals surface area contributed by atoms with Crippen molar-refractivity contribution in [3.8, 4) is 0 Å². The number of amides is 1. The molecule has 194 valence electrons. The van der Waals surface area contributed by atoms with Gasteiger partial charge in [0.05, 0.1) is 11.4 Å². The number of nitrogens with zero attached hydrogens (tertiary/aromatic N) is 2. The smallest absolute Gasteiger partial charge is 0.215 e. The standard InChI is InChI=1S/C33H34N2O2S/c1-25-31(29-17-9-8-16-28(29)22-33(25)19-10-11-20-33)34-32(38-23-30(37)27-14-6-3-7-15-27)35(24-36)21-18-26-12-4-2-5-13-26/h2-9,12-17,24H,10-11,18-23H2,1H3. The molecule has 0 aromatic heterocycles. The molecule has 5 rings (SSSR count). The van der Waals surface area contributed by atoms with Crippen LogP contribution in [0.3, 0.4) is 0 Å². The second-order valence-electron chi connectivity index (χ2n) is 10.3. The van der Waals surface area contributed by atoms with Crippen LogP contribution in [0.1, 0.15) is 59.7 Å². The molecule has 0 bridgehead atoms. The summed E-state index contributed by atoms with van der Waals surface area (Å²) in [6.45, 7) is 2.73. The minimum absolute atomic E-state index is 0.0271. The molecular formula is C33H34N2O2S. The van der Waals surface area contributed by atoms with Crippen molar-refractivity contribution in [1.82, 2.24) is 4.90 Å². The van der Waals surface area contributed by atoms with Crippen LogP contribution in [0.2, 0.25) is 0 Å². The SMILES string of the molecule is CC1=C(N=C(SCC(=O)c2ccccc2)N(C=O)CCc2ccccc2)c2ccccc2CC12CCCC2. The Labute approximate surface area is 229 Å². The first-order valence-electron chi connectivity index (χ1n) is 13.4. The molecular weight excluding hydrogens is 488 g/mol. The summed E-state index contributed by atoms with van der Waals surface area (Å²) in [5.41, 5.74) is 6.72. The minimum atomic E-state index is 0.0271. The lowest BCUT2D eigenvalue weighted by molar-refractivity contribution is -0.114. The van der Waals surface area contributed by atoms with Crippen molar-refractivity contribution in [2.75, 3.05) is 12.3 Å². The second-order valence-corrected chi connectivity index (χ2v) is 11.2. The van der Waals surface area contributed by atoms with Gasteiger partial charge in [-0.25, -0.2) is 4.99 Å².